The Hall–Kier alpha value is -0.720. The molecular formula is C17H22BrClN2. The Morgan fingerprint density at radius 1 is 1.14 bits per heavy atom. The zero-order valence-electron chi connectivity index (χ0n) is 13.1. The predicted molar refractivity (Wildman–Crippen MR) is 92.5 cm³/mol. The largest absolute Gasteiger partial charge is 0.367 e. The summed E-state index contributed by atoms with van der Waals surface area (Å²) in [5.74, 6) is 0. The summed E-state index contributed by atoms with van der Waals surface area (Å²) in [5, 5.41) is 14.0. The molecule has 1 aliphatic carbocycles. The van der Waals surface area contributed by atoms with E-state index in [9.17, 15) is 5.26 Å². The lowest BCUT2D eigenvalue weighted by Crippen LogP contribution is -2.50. The van der Waals surface area contributed by atoms with Crippen LogP contribution in [0.3, 0.4) is 0 Å². The lowest BCUT2D eigenvalue weighted by Gasteiger charge is -2.49. The lowest BCUT2D eigenvalue weighted by atomic mass is 9.58. The highest BCUT2D eigenvalue weighted by Gasteiger charge is 2.47. The Labute approximate surface area is 141 Å². The van der Waals surface area contributed by atoms with Crippen molar-refractivity contribution in [2.24, 2.45) is 10.8 Å². The number of anilines is 1. The number of rotatable bonds is 2. The summed E-state index contributed by atoms with van der Waals surface area (Å²) in [7, 11) is 0. The molecule has 0 atom stereocenters. The van der Waals surface area contributed by atoms with Crippen molar-refractivity contribution >= 4 is 33.2 Å². The van der Waals surface area contributed by atoms with Crippen LogP contribution >= 0.6 is 27.5 Å². The maximum absolute atomic E-state index is 9.84. The van der Waals surface area contributed by atoms with Crippen LogP contribution in [0.15, 0.2) is 22.7 Å². The number of hydrogen-bond acceptors (Lipinski definition) is 2. The molecule has 1 fully saturated rings. The van der Waals surface area contributed by atoms with Gasteiger partial charge in [0.15, 0.2) is 0 Å². The van der Waals surface area contributed by atoms with Crippen LogP contribution in [0.25, 0.3) is 0 Å². The van der Waals surface area contributed by atoms with Crippen molar-refractivity contribution in [2.75, 3.05) is 5.32 Å². The van der Waals surface area contributed by atoms with Gasteiger partial charge in [0.1, 0.15) is 5.54 Å². The fraction of sp³-hybridized carbons (Fsp3) is 0.588. The van der Waals surface area contributed by atoms with Crippen molar-refractivity contribution in [3.63, 3.8) is 0 Å². The van der Waals surface area contributed by atoms with E-state index in [0.717, 1.165) is 29.4 Å². The molecule has 0 aromatic heterocycles. The summed E-state index contributed by atoms with van der Waals surface area (Å²) in [6.07, 6.45) is 2.83. The highest BCUT2D eigenvalue weighted by Crippen LogP contribution is 2.51. The number of benzene rings is 1. The van der Waals surface area contributed by atoms with E-state index in [-0.39, 0.29) is 10.8 Å². The van der Waals surface area contributed by atoms with Crippen LogP contribution in [-0.4, -0.2) is 5.54 Å². The highest BCUT2D eigenvalue weighted by molar-refractivity contribution is 9.10. The molecule has 2 nitrogen and oxygen atoms in total. The van der Waals surface area contributed by atoms with Crippen molar-refractivity contribution in [1.29, 1.82) is 5.26 Å². The van der Waals surface area contributed by atoms with Gasteiger partial charge in [-0.15, -0.1) is 0 Å². The van der Waals surface area contributed by atoms with Gasteiger partial charge >= 0.3 is 0 Å². The highest BCUT2D eigenvalue weighted by atomic mass is 79.9. The van der Waals surface area contributed by atoms with Crippen molar-refractivity contribution in [2.45, 2.75) is 52.5 Å². The van der Waals surface area contributed by atoms with Crippen LogP contribution in [0.1, 0.15) is 47.0 Å². The van der Waals surface area contributed by atoms with Gasteiger partial charge in [-0.2, -0.15) is 5.26 Å². The topological polar surface area (TPSA) is 35.8 Å². The van der Waals surface area contributed by atoms with Gasteiger partial charge in [-0.05, 0) is 64.2 Å². The number of hydrogen-bond donors (Lipinski definition) is 1. The van der Waals surface area contributed by atoms with Gasteiger partial charge in [0.2, 0.25) is 0 Å². The third-order valence-electron chi connectivity index (χ3n) is 4.03. The minimum absolute atomic E-state index is 0.147. The number of nitriles is 1. The molecule has 2 rings (SSSR count). The SMILES string of the molecule is CC1(C)CC(C)(C)CC(C#N)(Nc2ccc(Cl)c(Br)c2)C1. The average Bonchev–Trinajstić information content (AvgIpc) is 2.30. The molecule has 0 saturated heterocycles. The molecule has 1 aromatic carbocycles. The van der Waals surface area contributed by atoms with Gasteiger partial charge in [-0.1, -0.05) is 39.3 Å². The van der Waals surface area contributed by atoms with Gasteiger partial charge in [0.25, 0.3) is 0 Å². The first kappa shape index (κ1) is 16.6. The summed E-state index contributed by atoms with van der Waals surface area (Å²) in [5.41, 5.74) is 0.696. The van der Waals surface area contributed by atoms with Crippen molar-refractivity contribution in [1.82, 2.24) is 0 Å². The second kappa shape index (κ2) is 5.48. The van der Waals surface area contributed by atoms with Crippen LogP contribution in [0.5, 0.6) is 0 Å². The summed E-state index contributed by atoms with van der Waals surface area (Å²) in [4.78, 5) is 0. The minimum Gasteiger partial charge on any atom is -0.367 e. The molecule has 1 saturated carbocycles. The normalized spacial score (nSPS) is 22.3. The van der Waals surface area contributed by atoms with E-state index in [1.54, 1.807) is 0 Å². The van der Waals surface area contributed by atoms with Crippen molar-refractivity contribution in [3.8, 4) is 6.07 Å². The molecular weight excluding hydrogens is 348 g/mol. The maximum atomic E-state index is 9.84. The Bertz CT molecular complexity index is 571. The molecule has 1 N–H and O–H groups in total. The molecule has 21 heavy (non-hydrogen) atoms. The minimum atomic E-state index is -0.529. The third-order valence-corrected chi connectivity index (χ3v) is 5.25. The van der Waals surface area contributed by atoms with E-state index in [1.807, 2.05) is 18.2 Å². The number of nitrogens with one attached hydrogen (secondary N) is 1. The first-order chi connectivity index (χ1) is 9.56. The van der Waals surface area contributed by atoms with Crippen molar-refractivity contribution < 1.29 is 0 Å². The van der Waals surface area contributed by atoms with Crippen LogP contribution in [-0.2, 0) is 0 Å². The van der Waals surface area contributed by atoms with E-state index in [2.05, 4.69) is 55.0 Å². The Balaban J connectivity index is 2.33. The first-order valence-electron chi connectivity index (χ1n) is 7.21. The molecule has 0 aliphatic heterocycles. The summed E-state index contributed by atoms with van der Waals surface area (Å²) in [6, 6.07) is 8.27. The van der Waals surface area contributed by atoms with Crippen molar-refractivity contribution in [3.05, 3.63) is 27.7 Å². The first-order valence-corrected chi connectivity index (χ1v) is 8.38. The zero-order chi connectivity index (χ0) is 15.9. The average molecular weight is 370 g/mol. The number of nitrogens with zero attached hydrogens (tertiary/aromatic N) is 1. The van der Waals surface area contributed by atoms with E-state index < -0.39 is 5.54 Å². The smallest absolute Gasteiger partial charge is 0.126 e. The van der Waals surface area contributed by atoms with E-state index in [0.29, 0.717) is 5.02 Å². The van der Waals surface area contributed by atoms with E-state index in [4.69, 9.17) is 11.6 Å². The molecule has 0 bridgehead atoms. The van der Waals surface area contributed by atoms with Crippen LogP contribution in [0.2, 0.25) is 5.02 Å². The Kier molecular flexibility index (Phi) is 4.35. The quantitative estimate of drug-likeness (QED) is 0.692. The lowest BCUT2D eigenvalue weighted by molar-refractivity contribution is 0.0811. The van der Waals surface area contributed by atoms with E-state index >= 15 is 0 Å². The second-order valence-corrected chi connectivity index (χ2v) is 9.07. The monoisotopic (exact) mass is 368 g/mol. The second-order valence-electron chi connectivity index (χ2n) is 7.81. The molecule has 0 radical (unpaired) electrons. The van der Waals surface area contributed by atoms with Gasteiger partial charge in [-0.25, -0.2) is 0 Å². The Morgan fingerprint density at radius 3 is 2.19 bits per heavy atom. The molecule has 1 aliphatic rings. The number of halogens is 2. The third kappa shape index (κ3) is 3.93. The molecule has 114 valence electrons. The molecule has 0 unspecified atom stereocenters. The molecule has 0 spiro atoms. The summed E-state index contributed by atoms with van der Waals surface area (Å²) < 4.78 is 0.844. The van der Waals surface area contributed by atoms with Crippen LogP contribution < -0.4 is 5.32 Å². The van der Waals surface area contributed by atoms with Crippen LogP contribution in [0.4, 0.5) is 5.69 Å². The summed E-state index contributed by atoms with van der Waals surface area (Å²) in [6.45, 7) is 9.00. The molecule has 0 amide bonds. The summed E-state index contributed by atoms with van der Waals surface area (Å²) >= 11 is 9.48. The van der Waals surface area contributed by atoms with E-state index in [1.165, 1.54) is 0 Å². The van der Waals surface area contributed by atoms with Gasteiger partial charge in [0.05, 0.1) is 11.1 Å². The van der Waals surface area contributed by atoms with Gasteiger partial charge in [-0.3, -0.25) is 0 Å². The standard InChI is InChI=1S/C17H22BrClN2/c1-15(2)8-16(3,4)10-17(9-15,11-20)21-12-5-6-14(19)13(18)7-12/h5-7,21H,8-10H2,1-4H3. The fourth-order valence-electron chi connectivity index (χ4n) is 4.16. The zero-order valence-corrected chi connectivity index (χ0v) is 15.4. The van der Waals surface area contributed by atoms with Crippen LogP contribution in [0, 0.1) is 22.2 Å². The molecule has 4 heteroatoms. The maximum Gasteiger partial charge on any atom is 0.126 e. The fourth-order valence-corrected chi connectivity index (χ4v) is 4.66. The van der Waals surface area contributed by atoms with Gasteiger partial charge < -0.3 is 5.32 Å². The Morgan fingerprint density at radius 2 is 1.71 bits per heavy atom. The van der Waals surface area contributed by atoms with Gasteiger partial charge in [0, 0.05) is 10.2 Å². The predicted octanol–water partition coefficient (Wildman–Crippen LogP) is 6.01. The molecule has 0 heterocycles. The molecule has 1 aromatic rings.